The van der Waals surface area contributed by atoms with Crippen LogP contribution in [0.15, 0.2) is 59.5 Å². The maximum Gasteiger partial charge on any atom is 0.233 e. The standard InChI is InChI=1S/C19H21N3OS/c1-14(24-15-8-3-2-4-9-15)19(23)20-13-7-12-18-21-16-10-5-6-11-17(16)22-18/h2-6,8-11,14H,7,12-13H2,1H3,(H,20,23)(H,21,22)/t14-/m1/s1. The van der Waals surface area contributed by atoms with Gasteiger partial charge in [0.1, 0.15) is 5.82 Å². The highest BCUT2D eigenvalue weighted by atomic mass is 32.2. The number of benzene rings is 2. The minimum atomic E-state index is -0.0985. The van der Waals surface area contributed by atoms with Crippen LogP contribution < -0.4 is 5.32 Å². The number of para-hydroxylation sites is 2. The van der Waals surface area contributed by atoms with E-state index in [2.05, 4.69) is 15.3 Å². The fraction of sp³-hybridized carbons (Fsp3) is 0.263. The molecule has 0 aliphatic carbocycles. The third-order valence-corrected chi connectivity index (χ3v) is 4.87. The first-order valence-electron chi connectivity index (χ1n) is 8.15. The summed E-state index contributed by atoms with van der Waals surface area (Å²) in [5.74, 6) is 1.05. The van der Waals surface area contributed by atoms with E-state index in [4.69, 9.17) is 0 Å². The predicted octanol–water partition coefficient (Wildman–Crippen LogP) is 3.79. The molecule has 3 rings (SSSR count). The van der Waals surface area contributed by atoms with Crippen LogP contribution in [0.3, 0.4) is 0 Å². The van der Waals surface area contributed by atoms with Gasteiger partial charge in [0.2, 0.25) is 5.91 Å². The van der Waals surface area contributed by atoms with Gasteiger partial charge in [-0.25, -0.2) is 4.98 Å². The molecule has 0 spiro atoms. The molecule has 124 valence electrons. The van der Waals surface area contributed by atoms with Crippen LogP contribution in [-0.2, 0) is 11.2 Å². The van der Waals surface area contributed by atoms with Gasteiger partial charge in [0, 0.05) is 17.9 Å². The van der Waals surface area contributed by atoms with Crippen molar-refractivity contribution in [1.29, 1.82) is 0 Å². The number of nitrogens with one attached hydrogen (secondary N) is 2. The van der Waals surface area contributed by atoms with Crippen LogP contribution in [0.4, 0.5) is 0 Å². The van der Waals surface area contributed by atoms with Crippen molar-refractivity contribution in [2.75, 3.05) is 6.54 Å². The van der Waals surface area contributed by atoms with E-state index in [1.165, 1.54) is 0 Å². The summed E-state index contributed by atoms with van der Waals surface area (Å²) < 4.78 is 0. The lowest BCUT2D eigenvalue weighted by Crippen LogP contribution is -2.31. The number of aromatic amines is 1. The molecule has 0 aliphatic heterocycles. The summed E-state index contributed by atoms with van der Waals surface area (Å²) in [7, 11) is 0. The molecule has 0 unspecified atom stereocenters. The molecule has 2 aromatic carbocycles. The number of H-pyrrole nitrogens is 1. The lowest BCUT2D eigenvalue weighted by atomic mass is 10.3. The van der Waals surface area contributed by atoms with Crippen molar-refractivity contribution in [3.05, 3.63) is 60.4 Å². The Morgan fingerprint density at radius 1 is 1.17 bits per heavy atom. The molecule has 2 N–H and O–H groups in total. The van der Waals surface area contributed by atoms with Crippen LogP contribution in [0.1, 0.15) is 19.2 Å². The third kappa shape index (κ3) is 4.38. The topological polar surface area (TPSA) is 57.8 Å². The molecule has 3 aromatic rings. The molecule has 0 saturated carbocycles. The highest BCUT2D eigenvalue weighted by Crippen LogP contribution is 2.22. The van der Waals surface area contributed by atoms with Crippen molar-refractivity contribution in [1.82, 2.24) is 15.3 Å². The van der Waals surface area contributed by atoms with Crippen molar-refractivity contribution in [2.45, 2.75) is 29.9 Å². The largest absolute Gasteiger partial charge is 0.355 e. The minimum absolute atomic E-state index is 0.0773. The van der Waals surface area contributed by atoms with Crippen LogP contribution in [-0.4, -0.2) is 27.7 Å². The van der Waals surface area contributed by atoms with E-state index in [1.54, 1.807) is 11.8 Å². The Bertz CT molecular complexity index is 767. The predicted molar refractivity (Wildman–Crippen MR) is 99.2 cm³/mol. The molecule has 0 bridgehead atoms. The average molecular weight is 339 g/mol. The Hall–Kier alpha value is -2.27. The maximum absolute atomic E-state index is 12.1. The van der Waals surface area contributed by atoms with Crippen molar-refractivity contribution < 1.29 is 4.79 Å². The van der Waals surface area contributed by atoms with Gasteiger partial charge in [-0.05, 0) is 37.6 Å². The molecular weight excluding hydrogens is 318 g/mol. The van der Waals surface area contributed by atoms with Crippen LogP contribution in [0.5, 0.6) is 0 Å². The number of fused-ring (bicyclic) bond motifs is 1. The Morgan fingerprint density at radius 3 is 2.71 bits per heavy atom. The van der Waals surface area contributed by atoms with E-state index in [9.17, 15) is 4.79 Å². The van der Waals surface area contributed by atoms with Crippen molar-refractivity contribution >= 4 is 28.7 Å². The van der Waals surface area contributed by atoms with E-state index in [-0.39, 0.29) is 11.2 Å². The number of carbonyl (C=O) groups excluding carboxylic acids is 1. The Balaban J connectivity index is 1.41. The van der Waals surface area contributed by atoms with Gasteiger partial charge >= 0.3 is 0 Å². The number of hydrogen-bond acceptors (Lipinski definition) is 3. The van der Waals surface area contributed by atoms with Crippen molar-refractivity contribution in [3.63, 3.8) is 0 Å². The summed E-state index contributed by atoms with van der Waals surface area (Å²) >= 11 is 1.58. The lowest BCUT2D eigenvalue weighted by Gasteiger charge is -2.11. The summed E-state index contributed by atoms with van der Waals surface area (Å²) in [6.45, 7) is 2.60. The highest BCUT2D eigenvalue weighted by molar-refractivity contribution is 8.00. The molecular formula is C19H21N3OS. The van der Waals surface area contributed by atoms with Crippen LogP contribution >= 0.6 is 11.8 Å². The van der Waals surface area contributed by atoms with E-state index < -0.39 is 0 Å². The summed E-state index contributed by atoms with van der Waals surface area (Å²) in [4.78, 5) is 21.1. The molecule has 5 heteroatoms. The molecule has 24 heavy (non-hydrogen) atoms. The number of aryl methyl sites for hydroxylation is 1. The molecule has 0 aliphatic rings. The van der Waals surface area contributed by atoms with Crippen molar-refractivity contribution in [2.24, 2.45) is 0 Å². The molecule has 1 heterocycles. The second-order valence-corrected chi connectivity index (χ2v) is 7.08. The number of carbonyl (C=O) groups is 1. The fourth-order valence-electron chi connectivity index (χ4n) is 2.49. The van der Waals surface area contributed by atoms with Gasteiger partial charge in [0.15, 0.2) is 0 Å². The molecule has 0 fully saturated rings. The zero-order valence-electron chi connectivity index (χ0n) is 13.7. The normalized spacial score (nSPS) is 12.2. The number of rotatable bonds is 7. The number of imidazole rings is 1. The van der Waals surface area contributed by atoms with Gasteiger partial charge in [-0.2, -0.15) is 0 Å². The lowest BCUT2D eigenvalue weighted by molar-refractivity contribution is -0.120. The van der Waals surface area contributed by atoms with Crippen molar-refractivity contribution in [3.8, 4) is 0 Å². The number of hydrogen-bond donors (Lipinski definition) is 2. The van der Waals surface area contributed by atoms with Crippen LogP contribution in [0.2, 0.25) is 0 Å². The Kier molecular flexibility index (Phi) is 5.54. The first-order valence-corrected chi connectivity index (χ1v) is 9.03. The zero-order valence-corrected chi connectivity index (χ0v) is 14.5. The quantitative estimate of drug-likeness (QED) is 0.508. The molecule has 1 amide bonds. The van der Waals surface area contributed by atoms with E-state index in [0.29, 0.717) is 6.54 Å². The Labute approximate surface area is 146 Å². The summed E-state index contributed by atoms with van der Waals surface area (Å²) in [5, 5.41) is 2.91. The van der Waals surface area contributed by atoms with Gasteiger partial charge in [-0.1, -0.05) is 30.3 Å². The van der Waals surface area contributed by atoms with Crippen LogP contribution in [0.25, 0.3) is 11.0 Å². The zero-order chi connectivity index (χ0) is 16.8. The van der Waals surface area contributed by atoms with Gasteiger partial charge in [-0.3, -0.25) is 4.79 Å². The summed E-state index contributed by atoms with van der Waals surface area (Å²) in [6.07, 6.45) is 1.70. The van der Waals surface area contributed by atoms with E-state index in [0.717, 1.165) is 34.6 Å². The smallest absolute Gasteiger partial charge is 0.233 e. The number of amides is 1. The molecule has 4 nitrogen and oxygen atoms in total. The SMILES string of the molecule is C[C@@H](Sc1ccccc1)C(=O)NCCCc1nc2ccccc2[nH]1. The average Bonchev–Trinajstić information content (AvgIpc) is 3.02. The van der Waals surface area contributed by atoms with Gasteiger partial charge in [-0.15, -0.1) is 11.8 Å². The van der Waals surface area contributed by atoms with Gasteiger partial charge < -0.3 is 10.3 Å². The first kappa shape index (κ1) is 16.6. The summed E-state index contributed by atoms with van der Waals surface area (Å²) in [5.41, 5.74) is 2.05. The third-order valence-electron chi connectivity index (χ3n) is 3.75. The fourth-order valence-corrected chi connectivity index (χ4v) is 3.40. The van der Waals surface area contributed by atoms with E-state index >= 15 is 0 Å². The van der Waals surface area contributed by atoms with Crippen LogP contribution in [0, 0.1) is 0 Å². The second kappa shape index (κ2) is 8.02. The second-order valence-electron chi connectivity index (χ2n) is 5.67. The van der Waals surface area contributed by atoms with E-state index in [1.807, 2.05) is 61.5 Å². The number of thioether (sulfide) groups is 1. The number of nitrogens with zero attached hydrogens (tertiary/aromatic N) is 1. The molecule has 0 saturated heterocycles. The summed E-state index contributed by atoms with van der Waals surface area (Å²) in [6, 6.07) is 18.0. The molecule has 1 atom stereocenters. The molecule has 1 aromatic heterocycles. The number of aromatic nitrogens is 2. The minimum Gasteiger partial charge on any atom is -0.355 e. The van der Waals surface area contributed by atoms with Gasteiger partial charge in [0.05, 0.1) is 16.3 Å². The monoisotopic (exact) mass is 339 g/mol. The first-order chi connectivity index (χ1) is 11.7. The molecule has 0 radical (unpaired) electrons. The Morgan fingerprint density at radius 2 is 1.92 bits per heavy atom. The maximum atomic E-state index is 12.1. The van der Waals surface area contributed by atoms with Gasteiger partial charge in [0.25, 0.3) is 0 Å². The highest BCUT2D eigenvalue weighted by Gasteiger charge is 2.13.